The van der Waals surface area contributed by atoms with Crippen LogP contribution in [0.1, 0.15) is 26.7 Å². The van der Waals surface area contributed by atoms with E-state index in [1.807, 2.05) is 4.90 Å². The van der Waals surface area contributed by atoms with E-state index in [-0.39, 0.29) is 12.1 Å². The highest BCUT2D eigenvalue weighted by molar-refractivity contribution is 5.74. The molecule has 1 aliphatic rings. The van der Waals surface area contributed by atoms with Gasteiger partial charge in [0, 0.05) is 26.7 Å². The summed E-state index contributed by atoms with van der Waals surface area (Å²) in [5.74, 6) is 0.547. The van der Waals surface area contributed by atoms with Gasteiger partial charge in [-0.15, -0.1) is 0 Å². The van der Waals surface area contributed by atoms with Crippen molar-refractivity contribution in [2.24, 2.45) is 5.92 Å². The molecule has 1 saturated heterocycles. The number of hydrogen-bond acceptors (Lipinski definition) is 2. The van der Waals surface area contributed by atoms with E-state index in [0.717, 1.165) is 25.9 Å². The SMILES string of the molecule is CCCNC(=O)N1CCC(C)C(OC)C1. The molecule has 0 aromatic rings. The predicted octanol–water partition coefficient (Wildman–Crippen LogP) is 1.46. The van der Waals surface area contributed by atoms with Crippen LogP contribution < -0.4 is 5.32 Å². The van der Waals surface area contributed by atoms with Crippen molar-refractivity contribution < 1.29 is 9.53 Å². The third-order valence-electron chi connectivity index (χ3n) is 3.01. The number of nitrogens with zero attached hydrogens (tertiary/aromatic N) is 1. The summed E-state index contributed by atoms with van der Waals surface area (Å²) in [5.41, 5.74) is 0. The molecule has 2 amide bonds. The molecular weight excluding hydrogens is 192 g/mol. The first-order valence-electron chi connectivity index (χ1n) is 5.74. The summed E-state index contributed by atoms with van der Waals surface area (Å²) in [4.78, 5) is 13.5. The number of urea groups is 1. The summed E-state index contributed by atoms with van der Waals surface area (Å²) in [6.07, 6.45) is 2.19. The number of likely N-dealkylation sites (tertiary alicyclic amines) is 1. The molecule has 1 rings (SSSR count). The molecule has 1 aliphatic heterocycles. The van der Waals surface area contributed by atoms with E-state index in [9.17, 15) is 4.79 Å². The van der Waals surface area contributed by atoms with Gasteiger partial charge in [0.2, 0.25) is 0 Å². The van der Waals surface area contributed by atoms with Gasteiger partial charge in [-0.2, -0.15) is 0 Å². The second-order valence-corrected chi connectivity index (χ2v) is 4.22. The Morgan fingerprint density at radius 3 is 2.93 bits per heavy atom. The largest absolute Gasteiger partial charge is 0.379 e. The molecule has 1 heterocycles. The van der Waals surface area contributed by atoms with Crippen LogP contribution in [0.25, 0.3) is 0 Å². The number of piperidine rings is 1. The van der Waals surface area contributed by atoms with E-state index in [0.29, 0.717) is 12.5 Å². The molecule has 0 saturated carbocycles. The fourth-order valence-corrected chi connectivity index (χ4v) is 1.87. The molecule has 0 radical (unpaired) electrons. The summed E-state index contributed by atoms with van der Waals surface area (Å²) in [7, 11) is 1.72. The molecule has 0 aliphatic carbocycles. The standard InChI is InChI=1S/C11H22N2O2/c1-4-6-12-11(14)13-7-5-9(2)10(8-13)15-3/h9-10H,4-8H2,1-3H3,(H,12,14). The molecule has 4 heteroatoms. The van der Waals surface area contributed by atoms with Gasteiger partial charge in [-0.05, 0) is 18.8 Å². The van der Waals surface area contributed by atoms with Crippen LogP contribution in [0.5, 0.6) is 0 Å². The highest BCUT2D eigenvalue weighted by Gasteiger charge is 2.28. The Bertz CT molecular complexity index is 209. The van der Waals surface area contributed by atoms with Crippen LogP contribution in [0.2, 0.25) is 0 Å². The number of rotatable bonds is 3. The van der Waals surface area contributed by atoms with E-state index in [2.05, 4.69) is 19.2 Å². The van der Waals surface area contributed by atoms with Gasteiger partial charge in [0.1, 0.15) is 0 Å². The molecule has 2 atom stereocenters. The lowest BCUT2D eigenvalue weighted by Crippen LogP contribution is -2.50. The van der Waals surface area contributed by atoms with Crippen molar-refractivity contribution in [1.29, 1.82) is 0 Å². The van der Waals surface area contributed by atoms with Gasteiger partial charge in [-0.1, -0.05) is 13.8 Å². The van der Waals surface area contributed by atoms with E-state index in [4.69, 9.17) is 4.74 Å². The highest BCUT2D eigenvalue weighted by Crippen LogP contribution is 2.19. The Labute approximate surface area is 92.0 Å². The second kappa shape index (κ2) is 5.95. The van der Waals surface area contributed by atoms with Crippen LogP contribution in [0.15, 0.2) is 0 Å². The van der Waals surface area contributed by atoms with Gasteiger partial charge in [0.25, 0.3) is 0 Å². The van der Waals surface area contributed by atoms with Crippen molar-refractivity contribution in [2.45, 2.75) is 32.8 Å². The van der Waals surface area contributed by atoms with E-state index >= 15 is 0 Å². The highest BCUT2D eigenvalue weighted by atomic mass is 16.5. The van der Waals surface area contributed by atoms with Crippen LogP contribution in [-0.4, -0.2) is 43.8 Å². The number of carbonyl (C=O) groups is 1. The molecule has 0 spiro atoms. The Kier molecular flexibility index (Phi) is 4.88. The minimum Gasteiger partial charge on any atom is -0.379 e. The maximum absolute atomic E-state index is 11.7. The van der Waals surface area contributed by atoms with Crippen molar-refractivity contribution in [1.82, 2.24) is 10.2 Å². The molecule has 0 aromatic heterocycles. The van der Waals surface area contributed by atoms with Gasteiger partial charge in [-0.25, -0.2) is 4.79 Å². The smallest absolute Gasteiger partial charge is 0.317 e. The van der Waals surface area contributed by atoms with E-state index in [1.165, 1.54) is 0 Å². The summed E-state index contributed by atoms with van der Waals surface area (Å²) in [6.45, 7) is 6.54. The van der Waals surface area contributed by atoms with E-state index in [1.54, 1.807) is 7.11 Å². The molecule has 0 aromatic carbocycles. The van der Waals surface area contributed by atoms with Gasteiger partial charge in [0.05, 0.1) is 6.10 Å². The van der Waals surface area contributed by atoms with Crippen molar-refractivity contribution in [3.63, 3.8) is 0 Å². The third-order valence-corrected chi connectivity index (χ3v) is 3.01. The average molecular weight is 214 g/mol. The number of hydrogen-bond donors (Lipinski definition) is 1. The van der Waals surface area contributed by atoms with Gasteiger partial charge < -0.3 is 15.0 Å². The molecule has 4 nitrogen and oxygen atoms in total. The number of nitrogens with one attached hydrogen (secondary N) is 1. The van der Waals surface area contributed by atoms with Crippen molar-refractivity contribution >= 4 is 6.03 Å². The molecule has 2 unspecified atom stereocenters. The maximum Gasteiger partial charge on any atom is 0.317 e. The first-order valence-corrected chi connectivity index (χ1v) is 5.74. The van der Waals surface area contributed by atoms with Crippen LogP contribution in [-0.2, 0) is 4.74 Å². The van der Waals surface area contributed by atoms with Gasteiger partial charge in [0.15, 0.2) is 0 Å². The maximum atomic E-state index is 11.7. The summed E-state index contributed by atoms with van der Waals surface area (Å²) in [5, 5.41) is 2.89. The number of ether oxygens (including phenoxy) is 1. The zero-order valence-corrected chi connectivity index (χ0v) is 9.95. The van der Waals surface area contributed by atoms with E-state index < -0.39 is 0 Å². The first kappa shape index (κ1) is 12.3. The Morgan fingerprint density at radius 1 is 1.60 bits per heavy atom. The third kappa shape index (κ3) is 3.38. The Morgan fingerprint density at radius 2 is 2.33 bits per heavy atom. The van der Waals surface area contributed by atoms with Gasteiger partial charge in [-0.3, -0.25) is 0 Å². The Hall–Kier alpha value is -0.770. The molecule has 1 fully saturated rings. The molecule has 1 N–H and O–H groups in total. The topological polar surface area (TPSA) is 41.6 Å². The lowest BCUT2D eigenvalue weighted by molar-refractivity contribution is 0.00721. The minimum absolute atomic E-state index is 0.0470. The molecule has 15 heavy (non-hydrogen) atoms. The number of carbonyl (C=O) groups excluding carboxylic acids is 1. The normalized spacial score (nSPS) is 26.5. The zero-order valence-electron chi connectivity index (χ0n) is 9.95. The van der Waals surface area contributed by atoms with Crippen LogP contribution in [0.4, 0.5) is 4.79 Å². The minimum atomic E-state index is 0.0470. The van der Waals surface area contributed by atoms with Crippen LogP contribution in [0, 0.1) is 5.92 Å². The average Bonchev–Trinajstić information content (AvgIpc) is 2.26. The van der Waals surface area contributed by atoms with Gasteiger partial charge >= 0.3 is 6.03 Å². The number of methoxy groups -OCH3 is 1. The molecular formula is C11H22N2O2. The predicted molar refractivity (Wildman–Crippen MR) is 59.8 cm³/mol. The second-order valence-electron chi connectivity index (χ2n) is 4.22. The number of amides is 2. The summed E-state index contributed by atoms with van der Waals surface area (Å²) >= 11 is 0. The summed E-state index contributed by atoms with van der Waals surface area (Å²) in [6, 6.07) is 0.0470. The van der Waals surface area contributed by atoms with Crippen LogP contribution >= 0.6 is 0 Å². The lowest BCUT2D eigenvalue weighted by atomic mass is 9.96. The van der Waals surface area contributed by atoms with Crippen LogP contribution in [0.3, 0.4) is 0 Å². The first-order chi connectivity index (χ1) is 7.19. The van der Waals surface area contributed by atoms with Crippen molar-refractivity contribution in [3.05, 3.63) is 0 Å². The fourth-order valence-electron chi connectivity index (χ4n) is 1.87. The quantitative estimate of drug-likeness (QED) is 0.773. The zero-order chi connectivity index (χ0) is 11.3. The van der Waals surface area contributed by atoms with Crippen molar-refractivity contribution in [2.75, 3.05) is 26.7 Å². The monoisotopic (exact) mass is 214 g/mol. The van der Waals surface area contributed by atoms with Crippen molar-refractivity contribution in [3.8, 4) is 0 Å². The Balaban J connectivity index is 2.40. The fraction of sp³-hybridized carbons (Fsp3) is 0.909. The summed E-state index contributed by atoms with van der Waals surface area (Å²) < 4.78 is 5.37. The lowest BCUT2D eigenvalue weighted by Gasteiger charge is -2.36. The molecule has 0 bridgehead atoms. The molecule has 88 valence electrons.